The number of ether oxygens (including phenoxy) is 1. The Hall–Kier alpha value is -2.23. The van der Waals surface area contributed by atoms with Gasteiger partial charge in [0.25, 0.3) is 0 Å². The molecule has 0 aliphatic rings. The van der Waals surface area contributed by atoms with Crippen LogP contribution in [0.2, 0.25) is 0 Å². The van der Waals surface area contributed by atoms with Gasteiger partial charge < -0.3 is 15.0 Å². The van der Waals surface area contributed by atoms with Crippen molar-refractivity contribution in [1.29, 1.82) is 0 Å². The number of H-pyrrole nitrogens is 1. The monoisotopic (exact) mass is 216 g/mol. The van der Waals surface area contributed by atoms with Crippen LogP contribution >= 0.6 is 0 Å². The van der Waals surface area contributed by atoms with E-state index in [2.05, 4.69) is 10.3 Å². The summed E-state index contributed by atoms with van der Waals surface area (Å²) in [5, 5.41) is 3.11. The second kappa shape index (κ2) is 4.53. The summed E-state index contributed by atoms with van der Waals surface area (Å²) in [7, 11) is 1.37. The molecule has 2 rings (SSSR count). The molecule has 0 saturated carbocycles. The zero-order valence-electron chi connectivity index (χ0n) is 8.86. The van der Waals surface area contributed by atoms with Gasteiger partial charge in [0, 0.05) is 6.20 Å². The SMILES string of the molecule is COC(=O)c1ccccc1Nc1ccc[nH]1. The van der Waals surface area contributed by atoms with Crippen molar-refractivity contribution < 1.29 is 9.53 Å². The zero-order chi connectivity index (χ0) is 11.4. The van der Waals surface area contributed by atoms with Crippen LogP contribution in [0.3, 0.4) is 0 Å². The molecular weight excluding hydrogens is 204 g/mol. The van der Waals surface area contributed by atoms with E-state index in [9.17, 15) is 4.79 Å². The smallest absolute Gasteiger partial charge is 0.339 e. The van der Waals surface area contributed by atoms with Crippen LogP contribution in [0.1, 0.15) is 10.4 Å². The van der Waals surface area contributed by atoms with Crippen LogP contribution in [0, 0.1) is 0 Å². The topological polar surface area (TPSA) is 54.1 Å². The molecule has 1 aromatic carbocycles. The molecule has 0 bridgehead atoms. The number of para-hydroxylation sites is 1. The van der Waals surface area contributed by atoms with Crippen molar-refractivity contribution in [3.05, 3.63) is 48.2 Å². The fraction of sp³-hybridized carbons (Fsp3) is 0.0833. The van der Waals surface area contributed by atoms with Crippen molar-refractivity contribution in [1.82, 2.24) is 4.98 Å². The molecular formula is C12H12N2O2. The number of nitrogens with one attached hydrogen (secondary N) is 2. The number of rotatable bonds is 3. The summed E-state index contributed by atoms with van der Waals surface area (Å²) in [6.45, 7) is 0. The lowest BCUT2D eigenvalue weighted by Crippen LogP contribution is -2.05. The van der Waals surface area contributed by atoms with Crippen molar-refractivity contribution in [2.24, 2.45) is 0 Å². The first-order valence-corrected chi connectivity index (χ1v) is 4.89. The van der Waals surface area contributed by atoms with Gasteiger partial charge in [0.2, 0.25) is 0 Å². The van der Waals surface area contributed by atoms with Crippen molar-refractivity contribution in [2.45, 2.75) is 0 Å². The lowest BCUT2D eigenvalue weighted by atomic mass is 10.2. The number of hydrogen-bond donors (Lipinski definition) is 2. The van der Waals surface area contributed by atoms with Gasteiger partial charge in [-0.25, -0.2) is 4.79 Å². The third kappa shape index (κ3) is 2.06. The van der Waals surface area contributed by atoms with Crippen LogP contribution in [0.15, 0.2) is 42.6 Å². The summed E-state index contributed by atoms with van der Waals surface area (Å²) in [6.07, 6.45) is 1.81. The summed E-state index contributed by atoms with van der Waals surface area (Å²) >= 11 is 0. The number of aromatic amines is 1. The molecule has 0 aliphatic carbocycles. The van der Waals surface area contributed by atoms with Gasteiger partial charge in [0.05, 0.1) is 18.4 Å². The minimum atomic E-state index is -0.352. The molecule has 1 heterocycles. The summed E-state index contributed by atoms with van der Waals surface area (Å²) in [4.78, 5) is 14.5. The molecule has 0 radical (unpaired) electrons. The standard InChI is InChI=1S/C12H12N2O2/c1-16-12(15)9-5-2-3-6-10(9)14-11-7-4-8-13-11/h2-8,13-14H,1H3. The first-order valence-electron chi connectivity index (χ1n) is 4.89. The van der Waals surface area contributed by atoms with E-state index in [4.69, 9.17) is 4.74 Å². The van der Waals surface area contributed by atoms with Crippen LogP contribution in [0.25, 0.3) is 0 Å². The quantitative estimate of drug-likeness (QED) is 0.775. The first kappa shape index (κ1) is 10.3. The first-order chi connectivity index (χ1) is 7.81. The minimum absolute atomic E-state index is 0.352. The maximum absolute atomic E-state index is 11.5. The van der Waals surface area contributed by atoms with Gasteiger partial charge in [-0.05, 0) is 24.3 Å². The Kier molecular flexibility index (Phi) is 2.91. The highest BCUT2D eigenvalue weighted by Gasteiger charge is 2.10. The Morgan fingerprint density at radius 1 is 1.25 bits per heavy atom. The summed E-state index contributed by atoms with van der Waals surface area (Å²) < 4.78 is 4.71. The van der Waals surface area contributed by atoms with Crippen LogP contribution in [-0.4, -0.2) is 18.1 Å². The molecule has 0 amide bonds. The van der Waals surface area contributed by atoms with E-state index in [1.807, 2.05) is 30.5 Å². The van der Waals surface area contributed by atoms with Gasteiger partial charge >= 0.3 is 5.97 Å². The maximum atomic E-state index is 11.5. The van der Waals surface area contributed by atoms with E-state index in [0.29, 0.717) is 5.56 Å². The van der Waals surface area contributed by atoms with E-state index < -0.39 is 0 Å². The van der Waals surface area contributed by atoms with Gasteiger partial charge in [-0.2, -0.15) is 0 Å². The van der Waals surface area contributed by atoms with Crippen molar-refractivity contribution in [3.8, 4) is 0 Å². The molecule has 2 aromatic rings. The summed E-state index contributed by atoms with van der Waals surface area (Å²) in [5.41, 5.74) is 1.23. The molecule has 2 N–H and O–H groups in total. The maximum Gasteiger partial charge on any atom is 0.339 e. The number of anilines is 2. The molecule has 0 fully saturated rings. The molecule has 4 nitrogen and oxygen atoms in total. The van der Waals surface area contributed by atoms with E-state index in [1.54, 1.807) is 12.1 Å². The number of carbonyl (C=O) groups is 1. The Labute approximate surface area is 93.3 Å². The predicted octanol–water partition coefficient (Wildman–Crippen LogP) is 2.54. The lowest BCUT2D eigenvalue weighted by Gasteiger charge is -2.08. The Morgan fingerprint density at radius 3 is 2.75 bits per heavy atom. The fourth-order valence-electron chi connectivity index (χ4n) is 1.43. The van der Waals surface area contributed by atoms with Crippen LogP contribution in [-0.2, 0) is 4.74 Å². The van der Waals surface area contributed by atoms with Gasteiger partial charge in [0.15, 0.2) is 0 Å². The number of methoxy groups -OCH3 is 1. The predicted molar refractivity (Wildman–Crippen MR) is 61.9 cm³/mol. The average Bonchev–Trinajstić information content (AvgIpc) is 2.82. The van der Waals surface area contributed by atoms with Crippen LogP contribution < -0.4 is 5.32 Å². The summed E-state index contributed by atoms with van der Waals surface area (Å²) in [6, 6.07) is 11.0. The van der Waals surface area contributed by atoms with Crippen molar-refractivity contribution >= 4 is 17.5 Å². The third-order valence-electron chi connectivity index (χ3n) is 2.20. The van der Waals surface area contributed by atoms with E-state index >= 15 is 0 Å². The van der Waals surface area contributed by atoms with Gasteiger partial charge in [-0.3, -0.25) is 0 Å². The lowest BCUT2D eigenvalue weighted by molar-refractivity contribution is 0.0602. The number of carbonyl (C=O) groups excluding carboxylic acids is 1. The Bertz CT molecular complexity index is 478. The molecule has 0 spiro atoms. The number of hydrogen-bond acceptors (Lipinski definition) is 3. The van der Waals surface area contributed by atoms with Crippen LogP contribution in [0.5, 0.6) is 0 Å². The van der Waals surface area contributed by atoms with Gasteiger partial charge in [0.1, 0.15) is 5.82 Å². The van der Waals surface area contributed by atoms with Gasteiger partial charge in [-0.1, -0.05) is 12.1 Å². The highest BCUT2D eigenvalue weighted by atomic mass is 16.5. The molecule has 0 unspecified atom stereocenters. The number of benzene rings is 1. The Balaban J connectivity index is 2.30. The second-order valence-corrected chi connectivity index (χ2v) is 3.25. The minimum Gasteiger partial charge on any atom is -0.465 e. The second-order valence-electron chi connectivity index (χ2n) is 3.25. The largest absolute Gasteiger partial charge is 0.465 e. The molecule has 82 valence electrons. The zero-order valence-corrected chi connectivity index (χ0v) is 8.86. The molecule has 0 aliphatic heterocycles. The van der Waals surface area contributed by atoms with E-state index in [0.717, 1.165) is 11.5 Å². The van der Waals surface area contributed by atoms with Gasteiger partial charge in [-0.15, -0.1) is 0 Å². The molecule has 1 aromatic heterocycles. The normalized spacial score (nSPS) is 9.81. The van der Waals surface area contributed by atoms with E-state index in [1.165, 1.54) is 7.11 Å². The number of aromatic nitrogens is 1. The highest BCUT2D eigenvalue weighted by molar-refractivity contribution is 5.96. The molecule has 4 heteroatoms. The Morgan fingerprint density at radius 2 is 2.06 bits per heavy atom. The molecule has 0 atom stereocenters. The fourth-order valence-corrected chi connectivity index (χ4v) is 1.43. The molecule has 16 heavy (non-hydrogen) atoms. The average molecular weight is 216 g/mol. The molecule has 0 saturated heterocycles. The van der Waals surface area contributed by atoms with Crippen molar-refractivity contribution in [3.63, 3.8) is 0 Å². The third-order valence-corrected chi connectivity index (χ3v) is 2.20. The summed E-state index contributed by atoms with van der Waals surface area (Å²) in [5.74, 6) is 0.478. The highest BCUT2D eigenvalue weighted by Crippen LogP contribution is 2.20. The van der Waals surface area contributed by atoms with Crippen molar-refractivity contribution in [2.75, 3.05) is 12.4 Å². The van der Waals surface area contributed by atoms with E-state index in [-0.39, 0.29) is 5.97 Å². The number of esters is 1. The van der Waals surface area contributed by atoms with Crippen LogP contribution in [0.4, 0.5) is 11.5 Å².